The van der Waals surface area contributed by atoms with Crippen LogP contribution in [0.1, 0.15) is 62.5 Å². The average Bonchev–Trinajstić information content (AvgIpc) is 3.17. The van der Waals surface area contributed by atoms with Crippen molar-refractivity contribution in [3.8, 4) is 0 Å². The molecule has 0 saturated heterocycles. The Morgan fingerprint density at radius 2 is 1.50 bits per heavy atom. The zero-order chi connectivity index (χ0) is 18.3. The van der Waals surface area contributed by atoms with Crippen molar-refractivity contribution in [2.75, 3.05) is 0 Å². The van der Waals surface area contributed by atoms with E-state index in [1.165, 1.54) is 30.4 Å². The molecular weight excluding hydrogens is 316 g/mol. The van der Waals surface area contributed by atoms with Crippen molar-refractivity contribution in [1.29, 1.82) is 0 Å². The Morgan fingerprint density at radius 1 is 0.846 bits per heavy atom. The lowest BCUT2D eigenvalue weighted by atomic mass is 9.66. The highest BCUT2D eigenvalue weighted by Gasteiger charge is 2.59. The zero-order valence-electron chi connectivity index (χ0n) is 16.0. The molecule has 26 heavy (non-hydrogen) atoms. The lowest BCUT2D eigenvalue weighted by Crippen LogP contribution is -2.54. The summed E-state index contributed by atoms with van der Waals surface area (Å²) in [4.78, 5) is 0. The Hall–Kier alpha value is -1.64. The van der Waals surface area contributed by atoms with E-state index in [9.17, 15) is 0 Å². The summed E-state index contributed by atoms with van der Waals surface area (Å²) >= 11 is 0. The molecule has 2 aliphatic carbocycles. The van der Waals surface area contributed by atoms with Crippen LogP contribution in [0, 0.1) is 5.41 Å². The molecule has 4 rings (SSSR count). The van der Waals surface area contributed by atoms with E-state index in [4.69, 9.17) is 11.5 Å². The maximum Gasteiger partial charge on any atom is 0.0252 e. The molecule has 2 aromatic rings. The first-order valence-corrected chi connectivity index (χ1v) is 10.1. The van der Waals surface area contributed by atoms with E-state index in [2.05, 4.69) is 67.6 Å². The fraction of sp³-hybridized carbons (Fsp3) is 0.500. The largest absolute Gasteiger partial charge is 0.325 e. The van der Waals surface area contributed by atoms with Crippen LogP contribution in [-0.2, 0) is 6.42 Å². The fourth-order valence-corrected chi connectivity index (χ4v) is 5.85. The smallest absolute Gasteiger partial charge is 0.0252 e. The first-order chi connectivity index (χ1) is 12.5. The minimum atomic E-state index is -0.146. The maximum absolute atomic E-state index is 7.14. The van der Waals surface area contributed by atoms with Gasteiger partial charge in [0.05, 0.1) is 0 Å². The molecule has 2 heteroatoms. The summed E-state index contributed by atoms with van der Waals surface area (Å²) in [5.74, 6) is 0.365. The van der Waals surface area contributed by atoms with Crippen molar-refractivity contribution in [3.63, 3.8) is 0 Å². The van der Waals surface area contributed by atoms with Crippen molar-refractivity contribution in [2.45, 2.75) is 68.9 Å². The second kappa shape index (κ2) is 6.51. The third-order valence-corrected chi connectivity index (χ3v) is 7.60. The van der Waals surface area contributed by atoms with Gasteiger partial charge in [0.15, 0.2) is 0 Å². The van der Waals surface area contributed by atoms with Crippen LogP contribution in [0.25, 0.3) is 0 Å². The second-order valence-electron chi connectivity index (χ2n) is 8.99. The van der Waals surface area contributed by atoms with Crippen molar-refractivity contribution < 1.29 is 0 Å². The Morgan fingerprint density at radius 3 is 2.19 bits per heavy atom. The normalized spacial score (nSPS) is 35.0. The molecular formula is C24H32N2. The highest BCUT2D eigenvalue weighted by molar-refractivity contribution is 5.28. The highest BCUT2D eigenvalue weighted by atomic mass is 14.9. The predicted octanol–water partition coefficient (Wildman–Crippen LogP) is 4.78. The second-order valence-corrected chi connectivity index (χ2v) is 8.99. The van der Waals surface area contributed by atoms with Gasteiger partial charge in [-0.1, -0.05) is 74.0 Å². The van der Waals surface area contributed by atoms with Crippen LogP contribution in [0.3, 0.4) is 0 Å². The summed E-state index contributed by atoms with van der Waals surface area (Å²) in [5.41, 5.74) is 16.8. The molecule has 2 fully saturated rings. The molecule has 1 spiro atoms. The van der Waals surface area contributed by atoms with E-state index in [-0.39, 0.29) is 16.5 Å². The van der Waals surface area contributed by atoms with Crippen LogP contribution in [-0.4, -0.2) is 11.1 Å². The topological polar surface area (TPSA) is 52.0 Å². The number of benzene rings is 2. The van der Waals surface area contributed by atoms with Crippen molar-refractivity contribution in [2.24, 2.45) is 16.9 Å². The standard InChI is InChI=1S/C24H32N2/c1-19(21-11-6-3-7-12-21)23(25)16-15-22(18-23)13-8-14-24(22,26)17-20-9-4-2-5-10-20/h2-7,9-12,19H,8,13-18,25-26H2,1H3. The summed E-state index contributed by atoms with van der Waals surface area (Å²) in [7, 11) is 0. The molecule has 0 bridgehead atoms. The maximum atomic E-state index is 7.14. The summed E-state index contributed by atoms with van der Waals surface area (Å²) < 4.78 is 0. The lowest BCUT2D eigenvalue weighted by molar-refractivity contribution is 0.148. The summed E-state index contributed by atoms with van der Waals surface area (Å²) in [6.07, 6.45) is 7.87. The van der Waals surface area contributed by atoms with E-state index in [1.54, 1.807) is 0 Å². The van der Waals surface area contributed by atoms with Gasteiger partial charge in [-0.15, -0.1) is 0 Å². The molecule has 0 heterocycles. The van der Waals surface area contributed by atoms with Gasteiger partial charge in [0, 0.05) is 11.1 Å². The van der Waals surface area contributed by atoms with Gasteiger partial charge in [-0.2, -0.15) is 0 Å². The van der Waals surface area contributed by atoms with Gasteiger partial charge in [0.25, 0.3) is 0 Å². The molecule has 2 aliphatic rings. The van der Waals surface area contributed by atoms with Crippen LogP contribution in [0.5, 0.6) is 0 Å². The monoisotopic (exact) mass is 348 g/mol. The Kier molecular flexibility index (Phi) is 4.45. The molecule has 2 nitrogen and oxygen atoms in total. The van der Waals surface area contributed by atoms with Gasteiger partial charge < -0.3 is 11.5 Å². The van der Waals surface area contributed by atoms with E-state index < -0.39 is 0 Å². The number of hydrogen-bond acceptors (Lipinski definition) is 2. The third kappa shape index (κ3) is 2.90. The average molecular weight is 349 g/mol. The molecule has 4 atom stereocenters. The van der Waals surface area contributed by atoms with E-state index in [0.717, 1.165) is 25.7 Å². The fourth-order valence-electron chi connectivity index (χ4n) is 5.85. The van der Waals surface area contributed by atoms with Gasteiger partial charge in [0.2, 0.25) is 0 Å². The van der Waals surface area contributed by atoms with Gasteiger partial charge in [-0.3, -0.25) is 0 Å². The molecule has 2 saturated carbocycles. The predicted molar refractivity (Wildman–Crippen MR) is 109 cm³/mol. The zero-order valence-corrected chi connectivity index (χ0v) is 16.0. The van der Waals surface area contributed by atoms with Crippen molar-refractivity contribution in [3.05, 3.63) is 71.8 Å². The molecule has 2 aromatic carbocycles. The molecule has 0 aliphatic heterocycles. The third-order valence-electron chi connectivity index (χ3n) is 7.60. The number of nitrogens with two attached hydrogens (primary N) is 2. The molecule has 0 aromatic heterocycles. The number of hydrogen-bond donors (Lipinski definition) is 2. The van der Waals surface area contributed by atoms with Crippen LogP contribution < -0.4 is 11.5 Å². The van der Waals surface area contributed by atoms with Crippen LogP contribution in [0.15, 0.2) is 60.7 Å². The van der Waals surface area contributed by atoms with E-state index >= 15 is 0 Å². The molecule has 4 N–H and O–H groups in total. The minimum Gasteiger partial charge on any atom is -0.325 e. The SMILES string of the molecule is CC(c1ccccc1)C1(N)CCC2(CCCC2(N)Cc2ccccc2)C1. The quantitative estimate of drug-likeness (QED) is 0.835. The molecule has 138 valence electrons. The Balaban J connectivity index is 1.59. The van der Waals surface area contributed by atoms with Crippen molar-refractivity contribution >= 4 is 0 Å². The first-order valence-electron chi connectivity index (χ1n) is 10.1. The Bertz CT molecular complexity index is 743. The van der Waals surface area contributed by atoms with Crippen LogP contribution >= 0.6 is 0 Å². The summed E-state index contributed by atoms with van der Waals surface area (Å²) in [6, 6.07) is 21.5. The summed E-state index contributed by atoms with van der Waals surface area (Å²) in [5, 5.41) is 0. The summed E-state index contributed by atoms with van der Waals surface area (Å²) in [6.45, 7) is 2.30. The lowest BCUT2D eigenvalue weighted by Gasteiger charge is -2.43. The van der Waals surface area contributed by atoms with Gasteiger partial charge in [-0.25, -0.2) is 0 Å². The molecule has 4 unspecified atom stereocenters. The Labute approximate surface area is 158 Å². The molecule has 0 radical (unpaired) electrons. The van der Waals surface area contributed by atoms with Gasteiger partial charge >= 0.3 is 0 Å². The minimum absolute atomic E-state index is 0.119. The van der Waals surface area contributed by atoms with Gasteiger partial charge in [0.1, 0.15) is 0 Å². The van der Waals surface area contributed by atoms with Gasteiger partial charge in [-0.05, 0) is 61.0 Å². The number of rotatable bonds is 4. The highest BCUT2D eigenvalue weighted by Crippen LogP contribution is 2.60. The van der Waals surface area contributed by atoms with E-state index in [1.807, 2.05) is 0 Å². The van der Waals surface area contributed by atoms with Crippen LogP contribution in [0.4, 0.5) is 0 Å². The van der Waals surface area contributed by atoms with Crippen molar-refractivity contribution in [1.82, 2.24) is 0 Å². The molecule has 0 amide bonds. The van der Waals surface area contributed by atoms with Crippen LogP contribution in [0.2, 0.25) is 0 Å². The first kappa shape index (κ1) is 17.8. The van der Waals surface area contributed by atoms with E-state index in [0.29, 0.717) is 5.92 Å².